The fourth-order valence-corrected chi connectivity index (χ4v) is 5.14. The third kappa shape index (κ3) is 8.19. The van der Waals surface area contributed by atoms with Crippen molar-refractivity contribution in [3.8, 4) is 0 Å². The van der Waals surface area contributed by atoms with Gasteiger partial charge in [0.15, 0.2) is 0 Å². The van der Waals surface area contributed by atoms with Crippen LogP contribution >= 0.6 is 11.8 Å². The molecule has 1 heterocycles. The summed E-state index contributed by atoms with van der Waals surface area (Å²) >= 11 is 1.45. The van der Waals surface area contributed by atoms with Gasteiger partial charge in [0.2, 0.25) is 23.4 Å². The number of carboxylic acid groups (broad SMARTS) is 1. The molecule has 1 fully saturated rings. The zero-order valence-corrected chi connectivity index (χ0v) is 23.6. The van der Waals surface area contributed by atoms with Crippen LogP contribution in [-0.4, -0.2) is 65.2 Å². The largest absolute Gasteiger partial charge is 0.478 e. The lowest BCUT2D eigenvalue weighted by Crippen LogP contribution is -2.59. The van der Waals surface area contributed by atoms with Crippen molar-refractivity contribution in [3.63, 3.8) is 0 Å². The van der Waals surface area contributed by atoms with Crippen LogP contribution < -0.4 is 16.0 Å². The molecule has 1 aliphatic rings. The first kappa shape index (κ1) is 30.4. The number of carbonyl (C=O) groups excluding carboxylic acids is 3. The summed E-state index contributed by atoms with van der Waals surface area (Å²) in [6.45, 7) is 3.80. The van der Waals surface area contributed by atoms with Crippen molar-refractivity contribution in [2.45, 2.75) is 70.2 Å². The molecule has 3 amide bonds. The molecule has 1 saturated heterocycles. The van der Waals surface area contributed by atoms with Crippen LogP contribution in [0.1, 0.15) is 51.5 Å². The van der Waals surface area contributed by atoms with Crippen molar-refractivity contribution < 1.29 is 29.0 Å². The van der Waals surface area contributed by atoms with Gasteiger partial charge in [-0.2, -0.15) is 11.8 Å². The normalized spacial score (nSPS) is 18.1. The average Bonchev–Trinajstić information content (AvgIpc) is 3.38. The number of carboxylic acids is 1. The third-order valence-corrected chi connectivity index (χ3v) is 7.94. The SMILES string of the molecule is CC[C@H](C)[C@@H](CO[C@](CCSC)(NC(=O)CCc1cccc2ccccc12)C(=O)O)NC(=O)[C@@H]1CCC(=O)N1. The second-order valence-electron chi connectivity index (χ2n) is 10.0. The maximum atomic E-state index is 13.1. The van der Waals surface area contributed by atoms with Crippen LogP contribution in [0.15, 0.2) is 42.5 Å². The van der Waals surface area contributed by atoms with Crippen LogP contribution in [0.4, 0.5) is 0 Å². The monoisotopic (exact) mass is 557 g/mol. The zero-order valence-electron chi connectivity index (χ0n) is 22.8. The van der Waals surface area contributed by atoms with E-state index in [-0.39, 0.29) is 37.2 Å². The summed E-state index contributed by atoms with van der Waals surface area (Å²) in [7, 11) is 0. The second-order valence-corrected chi connectivity index (χ2v) is 11.0. The summed E-state index contributed by atoms with van der Waals surface area (Å²) in [6.07, 6.45) is 3.88. The third-order valence-electron chi connectivity index (χ3n) is 7.33. The number of hydrogen-bond donors (Lipinski definition) is 4. The van der Waals surface area contributed by atoms with Crippen LogP contribution in [0.25, 0.3) is 10.8 Å². The molecule has 212 valence electrons. The highest BCUT2D eigenvalue weighted by Crippen LogP contribution is 2.22. The fraction of sp³-hybridized carbons (Fsp3) is 0.517. The van der Waals surface area contributed by atoms with Gasteiger partial charge >= 0.3 is 5.97 Å². The van der Waals surface area contributed by atoms with E-state index in [1.165, 1.54) is 11.8 Å². The first-order chi connectivity index (χ1) is 18.7. The average molecular weight is 558 g/mol. The Bertz CT molecular complexity index is 1170. The number of carbonyl (C=O) groups is 4. The predicted octanol–water partition coefficient (Wildman–Crippen LogP) is 3.25. The van der Waals surface area contributed by atoms with Crippen LogP contribution in [0.3, 0.4) is 0 Å². The van der Waals surface area contributed by atoms with Crippen molar-refractivity contribution in [1.29, 1.82) is 0 Å². The van der Waals surface area contributed by atoms with Gasteiger partial charge < -0.3 is 25.8 Å². The van der Waals surface area contributed by atoms with Crippen LogP contribution in [0.2, 0.25) is 0 Å². The Kier molecular flexibility index (Phi) is 11.2. The Hall–Kier alpha value is -3.11. The molecule has 10 heteroatoms. The maximum absolute atomic E-state index is 13.1. The second kappa shape index (κ2) is 14.3. The molecule has 0 saturated carbocycles. The molecule has 0 radical (unpaired) electrons. The fourth-order valence-electron chi connectivity index (χ4n) is 4.64. The van der Waals surface area contributed by atoms with Crippen molar-refractivity contribution in [2.75, 3.05) is 18.6 Å². The number of rotatable bonds is 15. The number of ether oxygens (including phenoxy) is 1. The smallest absolute Gasteiger partial charge is 0.357 e. The molecule has 9 nitrogen and oxygen atoms in total. The molecular weight excluding hydrogens is 518 g/mol. The first-order valence-electron chi connectivity index (χ1n) is 13.4. The number of aliphatic carboxylic acids is 1. The van der Waals surface area contributed by atoms with Crippen LogP contribution in [-0.2, 0) is 30.3 Å². The Morgan fingerprint density at radius 2 is 1.95 bits per heavy atom. The van der Waals surface area contributed by atoms with E-state index < -0.39 is 29.7 Å². The molecule has 0 spiro atoms. The minimum atomic E-state index is -1.93. The molecule has 0 unspecified atom stereocenters. The number of fused-ring (bicyclic) bond motifs is 1. The lowest BCUT2D eigenvalue weighted by atomic mass is 9.99. The Morgan fingerprint density at radius 1 is 1.21 bits per heavy atom. The molecule has 39 heavy (non-hydrogen) atoms. The summed E-state index contributed by atoms with van der Waals surface area (Å²) < 4.78 is 6.01. The number of amides is 3. The van der Waals surface area contributed by atoms with E-state index in [1.807, 2.05) is 62.6 Å². The molecule has 0 aliphatic carbocycles. The van der Waals surface area contributed by atoms with Gasteiger partial charge in [-0.15, -0.1) is 0 Å². The number of hydrogen-bond acceptors (Lipinski definition) is 6. The minimum absolute atomic E-state index is 0.0276. The Labute approximate surface area is 233 Å². The Morgan fingerprint density at radius 3 is 2.62 bits per heavy atom. The highest BCUT2D eigenvalue weighted by molar-refractivity contribution is 7.98. The highest BCUT2D eigenvalue weighted by atomic mass is 32.2. The molecule has 0 aromatic heterocycles. The van der Waals surface area contributed by atoms with E-state index in [4.69, 9.17) is 4.74 Å². The van der Waals surface area contributed by atoms with Crippen LogP contribution in [0, 0.1) is 5.92 Å². The lowest BCUT2D eigenvalue weighted by molar-refractivity contribution is -0.176. The van der Waals surface area contributed by atoms with Crippen molar-refractivity contribution in [2.24, 2.45) is 5.92 Å². The summed E-state index contributed by atoms with van der Waals surface area (Å²) in [5.41, 5.74) is -0.926. The van der Waals surface area contributed by atoms with Crippen molar-refractivity contribution >= 4 is 46.2 Å². The Balaban J connectivity index is 1.71. The molecular formula is C29H39N3O6S. The minimum Gasteiger partial charge on any atom is -0.478 e. The van der Waals surface area contributed by atoms with E-state index in [2.05, 4.69) is 16.0 Å². The molecule has 2 aromatic carbocycles. The highest BCUT2D eigenvalue weighted by Gasteiger charge is 2.42. The molecule has 4 atom stereocenters. The zero-order chi connectivity index (χ0) is 28.4. The summed E-state index contributed by atoms with van der Waals surface area (Å²) in [5.74, 6) is -1.78. The van der Waals surface area contributed by atoms with Crippen molar-refractivity contribution in [1.82, 2.24) is 16.0 Å². The van der Waals surface area contributed by atoms with E-state index in [0.29, 0.717) is 31.4 Å². The molecule has 3 rings (SSSR count). The van der Waals surface area contributed by atoms with Crippen LogP contribution in [0.5, 0.6) is 0 Å². The van der Waals surface area contributed by atoms with Gasteiger partial charge in [0, 0.05) is 19.3 Å². The predicted molar refractivity (Wildman–Crippen MR) is 152 cm³/mol. The topological polar surface area (TPSA) is 134 Å². The van der Waals surface area contributed by atoms with Gasteiger partial charge in [0.25, 0.3) is 0 Å². The van der Waals surface area contributed by atoms with Gasteiger partial charge in [-0.1, -0.05) is 62.7 Å². The molecule has 0 bridgehead atoms. The maximum Gasteiger partial charge on any atom is 0.357 e. The van der Waals surface area contributed by atoms with Gasteiger partial charge in [0.05, 0.1) is 12.6 Å². The quantitative estimate of drug-likeness (QED) is 0.247. The number of aryl methyl sites for hydroxylation is 1. The van der Waals surface area contributed by atoms with Gasteiger partial charge in [-0.3, -0.25) is 14.4 Å². The van der Waals surface area contributed by atoms with Gasteiger partial charge in [-0.05, 0) is 47.1 Å². The molecule has 2 aromatic rings. The molecule has 4 N–H and O–H groups in total. The summed E-state index contributed by atoms with van der Waals surface area (Å²) in [6, 6.07) is 12.7. The van der Waals surface area contributed by atoms with E-state index in [1.54, 1.807) is 0 Å². The van der Waals surface area contributed by atoms with E-state index >= 15 is 0 Å². The van der Waals surface area contributed by atoms with Gasteiger partial charge in [-0.25, -0.2) is 4.79 Å². The van der Waals surface area contributed by atoms with Gasteiger partial charge in [0.1, 0.15) is 6.04 Å². The number of thioether (sulfide) groups is 1. The number of benzene rings is 2. The standard InChI is InChI=1S/C29H39N3O6S/c1-4-19(2)24(31-27(35)23-13-15-25(33)30-23)18-38-29(28(36)37,16-17-39-3)32-26(34)14-12-21-10-7-9-20-8-5-6-11-22(20)21/h5-11,19,23-24H,4,12-18H2,1-3H3,(H,30,33)(H,31,35)(H,32,34)(H,36,37)/t19-,23-,24+,29-/m0/s1. The first-order valence-corrected chi connectivity index (χ1v) is 14.8. The van der Waals surface area contributed by atoms with Crippen molar-refractivity contribution in [3.05, 3.63) is 48.0 Å². The molecule has 1 aliphatic heterocycles. The summed E-state index contributed by atoms with van der Waals surface area (Å²) in [5, 5.41) is 20.6. The van der Waals surface area contributed by atoms with E-state index in [9.17, 15) is 24.3 Å². The summed E-state index contributed by atoms with van der Waals surface area (Å²) in [4.78, 5) is 50.0. The van der Waals surface area contributed by atoms with E-state index in [0.717, 1.165) is 16.3 Å². The number of nitrogens with one attached hydrogen (secondary N) is 3. The lowest BCUT2D eigenvalue weighted by Gasteiger charge is -2.34.